The molecule has 1 unspecified atom stereocenters. The minimum atomic E-state index is -0.301. The maximum absolute atomic E-state index is 12.5. The summed E-state index contributed by atoms with van der Waals surface area (Å²) in [5, 5.41) is 3.14. The molecule has 0 saturated carbocycles. The van der Waals surface area contributed by atoms with Crippen LogP contribution in [0.15, 0.2) is 48.7 Å². The summed E-state index contributed by atoms with van der Waals surface area (Å²) in [7, 11) is 1.41. The predicted molar refractivity (Wildman–Crippen MR) is 120 cm³/mol. The highest BCUT2D eigenvalue weighted by Crippen LogP contribution is 2.25. The molecule has 2 saturated heterocycles. The molecule has 2 aliphatic rings. The number of anilines is 1. The van der Waals surface area contributed by atoms with Gasteiger partial charge in [0.15, 0.2) is 0 Å². The first kappa shape index (κ1) is 21.4. The van der Waals surface area contributed by atoms with Gasteiger partial charge in [0.25, 0.3) is 0 Å². The van der Waals surface area contributed by atoms with Gasteiger partial charge in [-0.05, 0) is 49.4 Å². The van der Waals surface area contributed by atoms with Crippen LogP contribution in [0.2, 0.25) is 0 Å². The third-order valence-corrected chi connectivity index (χ3v) is 6.49. The topological polar surface area (TPSA) is 66.8 Å². The van der Waals surface area contributed by atoms with E-state index in [1.54, 1.807) is 6.07 Å². The highest BCUT2D eigenvalue weighted by atomic mass is 16.5. The number of rotatable bonds is 7. The number of nitrogens with zero attached hydrogens (tertiary/aromatic N) is 3. The Kier molecular flexibility index (Phi) is 6.92. The Labute approximate surface area is 184 Å². The fourth-order valence-electron chi connectivity index (χ4n) is 4.74. The van der Waals surface area contributed by atoms with Crippen LogP contribution < -0.4 is 10.2 Å². The molecule has 2 aliphatic heterocycles. The molecule has 0 bridgehead atoms. The molecule has 31 heavy (non-hydrogen) atoms. The quantitative estimate of drug-likeness (QED) is 0.692. The third kappa shape index (κ3) is 5.28. The van der Waals surface area contributed by atoms with Crippen LogP contribution in [0.1, 0.15) is 35.8 Å². The van der Waals surface area contributed by atoms with E-state index in [9.17, 15) is 9.59 Å². The second-order valence-corrected chi connectivity index (χ2v) is 8.54. The van der Waals surface area contributed by atoms with Crippen molar-refractivity contribution in [1.82, 2.24) is 14.8 Å². The molecule has 2 aromatic rings. The van der Waals surface area contributed by atoms with Crippen molar-refractivity contribution < 1.29 is 14.3 Å². The standard InChI is InChI=1S/C24H32N4O3/c1-31-24(30)22-8-5-12-28(22)21-10-13-26(14-11-21)18-23(29)25-16-19-9-15-27(17-19)20-6-3-2-4-7-20/h2-8,12,19,21H,9-11,13-18H2,1H3,(H,25,29). The van der Waals surface area contributed by atoms with Gasteiger partial charge >= 0.3 is 5.97 Å². The van der Waals surface area contributed by atoms with Gasteiger partial charge < -0.3 is 19.5 Å². The molecule has 166 valence electrons. The summed E-state index contributed by atoms with van der Waals surface area (Å²) in [5.41, 5.74) is 1.86. The zero-order valence-electron chi connectivity index (χ0n) is 18.2. The minimum absolute atomic E-state index is 0.104. The van der Waals surface area contributed by atoms with Crippen LogP contribution in [0.25, 0.3) is 0 Å². The number of carbonyl (C=O) groups is 2. The van der Waals surface area contributed by atoms with Gasteiger partial charge in [-0.15, -0.1) is 0 Å². The number of piperidine rings is 1. The Morgan fingerprint density at radius 1 is 1.03 bits per heavy atom. The van der Waals surface area contributed by atoms with E-state index in [0.29, 0.717) is 18.2 Å². The van der Waals surface area contributed by atoms with Gasteiger partial charge in [0.1, 0.15) is 5.69 Å². The number of hydrogen-bond donors (Lipinski definition) is 1. The molecule has 3 heterocycles. The summed E-state index contributed by atoms with van der Waals surface area (Å²) in [6.45, 7) is 4.92. The first-order chi connectivity index (χ1) is 15.1. The number of para-hydroxylation sites is 1. The van der Waals surface area contributed by atoms with E-state index in [1.807, 2.05) is 22.9 Å². The van der Waals surface area contributed by atoms with Crippen LogP contribution in [-0.4, -0.2) is 67.7 Å². The van der Waals surface area contributed by atoms with E-state index < -0.39 is 0 Å². The highest BCUT2D eigenvalue weighted by molar-refractivity contribution is 5.87. The van der Waals surface area contributed by atoms with Crippen LogP contribution >= 0.6 is 0 Å². The number of amides is 1. The van der Waals surface area contributed by atoms with Crippen molar-refractivity contribution >= 4 is 17.6 Å². The monoisotopic (exact) mass is 424 g/mol. The number of likely N-dealkylation sites (tertiary alicyclic amines) is 1. The Bertz CT molecular complexity index is 874. The van der Waals surface area contributed by atoms with Gasteiger partial charge in [0.05, 0.1) is 13.7 Å². The van der Waals surface area contributed by atoms with E-state index in [-0.39, 0.29) is 17.9 Å². The average Bonchev–Trinajstić information content (AvgIpc) is 3.48. The summed E-state index contributed by atoms with van der Waals surface area (Å²) < 4.78 is 6.89. The maximum Gasteiger partial charge on any atom is 0.354 e. The maximum atomic E-state index is 12.5. The Morgan fingerprint density at radius 3 is 2.55 bits per heavy atom. The fraction of sp³-hybridized carbons (Fsp3) is 0.500. The molecular formula is C24H32N4O3. The van der Waals surface area contributed by atoms with Crippen LogP contribution in [0.5, 0.6) is 0 Å². The second kappa shape index (κ2) is 10.0. The van der Waals surface area contributed by atoms with Crippen molar-refractivity contribution in [2.75, 3.05) is 51.3 Å². The van der Waals surface area contributed by atoms with E-state index in [1.165, 1.54) is 12.8 Å². The lowest BCUT2D eigenvalue weighted by Crippen LogP contribution is -2.43. The fourth-order valence-corrected chi connectivity index (χ4v) is 4.74. The van der Waals surface area contributed by atoms with Crippen molar-refractivity contribution in [2.45, 2.75) is 25.3 Å². The van der Waals surface area contributed by atoms with Gasteiger partial charge in [-0.3, -0.25) is 9.69 Å². The molecule has 1 N–H and O–H groups in total. The van der Waals surface area contributed by atoms with E-state index in [4.69, 9.17) is 4.74 Å². The number of aromatic nitrogens is 1. The van der Waals surface area contributed by atoms with Crippen molar-refractivity contribution in [2.24, 2.45) is 5.92 Å². The van der Waals surface area contributed by atoms with Gasteiger partial charge in [0.2, 0.25) is 5.91 Å². The molecule has 0 aliphatic carbocycles. The van der Waals surface area contributed by atoms with Gasteiger partial charge in [-0.1, -0.05) is 18.2 Å². The first-order valence-corrected chi connectivity index (χ1v) is 11.2. The molecule has 1 amide bonds. The Hall–Kier alpha value is -2.80. The molecule has 4 rings (SSSR count). The first-order valence-electron chi connectivity index (χ1n) is 11.2. The lowest BCUT2D eigenvalue weighted by atomic mass is 10.0. The minimum Gasteiger partial charge on any atom is -0.464 e. The van der Waals surface area contributed by atoms with E-state index >= 15 is 0 Å². The molecule has 1 aromatic heterocycles. The summed E-state index contributed by atoms with van der Waals surface area (Å²) in [5.74, 6) is 0.303. The number of carbonyl (C=O) groups excluding carboxylic acids is 2. The van der Waals surface area contributed by atoms with Crippen LogP contribution in [0, 0.1) is 5.92 Å². The SMILES string of the molecule is COC(=O)c1cccn1C1CCN(CC(=O)NCC2CCN(c3ccccc3)C2)CC1. The van der Waals surface area contributed by atoms with E-state index in [0.717, 1.165) is 52.0 Å². The van der Waals surface area contributed by atoms with E-state index in [2.05, 4.69) is 39.4 Å². The second-order valence-electron chi connectivity index (χ2n) is 8.54. The van der Waals surface area contributed by atoms with Gasteiger partial charge in [-0.25, -0.2) is 4.79 Å². The number of benzene rings is 1. The molecule has 7 nitrogen and oxygen atoms in total. The molecule has 7 heteroatoms. The lowest BCUT2D eigenvalue weighted by molar-refractivity contribution is -0.122. The number of hydrogen-bond acceptors (Lipinski definition) is 5. The molecule has 2 fully saturated rings. The van der Waals surface area contributed by atoms with Crippen LogP contribution in [-0.2, 0) is 9.53 Å². The summed E-state index contributed by atoms with van der Waals surface area (Å²) >= 11 is 0. The lowest BCUT2D eigenvalue weighted by Gasteiger charge is -2.33. The van der Waals surface area contributed by atoms with Crippen LogP contribution in [0.3, 0.4) is 0 Å². The molecule has 0 radical (unpaired) electrons. The number of methoxy groups -OCH3 is 1. The Morgan fingerprint density at radius 2 is 1.81 bits per heavy atom. The average molecular weight is 425 g/mol. The molecule has 1 atom stereocenters. The molecule has 0 spiro atoms. The summed E-state index contributed by atoms with van der Waals surface area (Å²) in [6.07, 6.45) is 4.89. The summed E-state index contributed by atoms with van der Waals surface area (Å²) in [6, 6.07) is 14.4. The molecular weight excluding hydrogens is 392 g/mol. The van der Waals surface area contributed by atoms with Crippen molar-refractivity contribution in [3.05, 3.63) is 54.4 Å². The Balaban J connectivity index is 1.18. The number of nitrogens with one attached hydrogen (secondary N) is 1. The van der Waals surface area contributed by atoms with Crippen molar-refractivity contribution in [3.8, 4) is 0 Å². The zero-order valence-corrected chi connectivity index (χ0v) is 18.2. The van der Waals surface area contributed by atoms with Gasteiger partial charge in [-0.2, -0.15) is 0 Å². The normalized spacial score (nSPS) is 20.0. The summed E-state index contributed by atoms with van der Waals surface area (Å²) in [4.78, 5) is 29.0. The van der Waals surface area contributed by atoms with Gasteiger partial charge in [0, 0.05) is 50.6 Å². The van der Waals surface area contributed by atoms with Crippen LogP contribution in [0.4, 0.5) is 5.69 Å². The zero-order chi connectivity index (χ0) is 21.6. The van der Waals surface area contributed by atoms with Crippen molar-refractivity contribution in [1.29, 1.82) is 0 Å². The third-order valence-electron chi connectivity index (χ3n) is 6.49. The predicted octanol–water partition coefficient (Wildman–Crippen LogP) is 2.55. The van der Waals surface area contributed by atoms with Crippen molar-refractivity contribution in [3.63, 3.8) is 0 Å². The smallest absolute Gasteiger partial charge is 0.354 e. The number of esters is 1. The largest absolute Gasteiger partial charge is 0.464 e. The number of ether oxygens (including phenoxy) is 1. The highest BCUT2D eigenvalue weighted by Gasteiger charge is 2.26. The molecule has 1 aromatic carbocycles.